The molecule has 1 N–H and O–H groups in total. The summed E-state index contributed by atoms with van der Waals surface area (Å²) in [6, 6.07) is 8.82. The Labute approximate surface area is 115 Å². The summed E-state index contributed by atoms with van der Waals surface area (Å²) in [5.74, 6) is 0. The van der Waals surface area contributed by atoms with Crippen LogP contribution in [0.2, 0.25) is 0 Å². The molecule has 0 aliphatic carbocycles. The summed E-state index contributed by atoms with van der Waals surface area (Å²) >= 11 is 2.39. The Morgan fingerprint density at radius 2 is 2.18 bits per heavy atom. The lowest BCUT2D eigenvalue weighted by Gasteiger charge is -2.17. The zero-order valence-electron chi connectivity index (χ0n) is 10.0. The summed E-state index contributed by atoms with van der Waals surface area (Å²) in [5, 5.41) is 7.58. The largest absolute Gasteiger partial charge is 0.313 e. The first-order valence-electron chi connectivity index (χ1n) is 5.60. The molecule has 17 heavy (non-hydrogen) atoms. The second-order valence-electron chi connectivity index (χ2n) is 4.09. The summed E-state index contributed by atoms with van der Waals surface area (Å²) < 4.78 is 3.14. The first kappa shape index (κ1) is 12.6. The number of hydrogen-bond donors (Lipinski definition) is 1. The minimum atomic E-state index is 0.340. The molecule has 90 valence electrons. The van der Waals surface area contributed by atoms with Gasteiger partial charge in [0.1, 0.15) is 0 Å². The van der Waals surface area contributed by atoms with E-state index in [4.69, 9.17) is 0 Å². The highest BCUT2D eigenvalue weighted by atomic mass is 127. The van der Waals surface area contributed by atoms with Crippen molar-refractivity contribution in [3.05, 3.63) is 51.4 Å². The van der Waals surface area contributed by atoms with Crippen LogP contribution in [0.5, 0.6) is 0 Å². The van der Waals surface area contributed by atoms with E-state index in [-0.39, 0.29) is 0 Å². The Hall–Kier alpha value is -0.880. The van der Waals surface area contributed by atoms with E-state index in [1.807, 2.05) is 25.0 Å². The average molecular weight is 341 g/mol. The molecule has 0 amide bonds. The van der Waals surface area contributed by atoms with Gasteiger partial charge in [0.2, 0.25) is 0 Å². The minimum Gasteiger partial charge on any atom is -0.313 e. The van der Waals surface area contributed by atoms with Crippen LogP contribution in [0.15, 0.2) is 36.7 Å². The summed E-state index contributed by atoms with van der Waals surface area (Å²) in [6.45, 7) is 0. The van der Waals surface area contributed by atoms with Crippen LogP contribution in [0.4, 0.5) is 0 Å². The summed E-state index contributed by atoms with van der Waals surface area (Å²) in [4.78, 5) is 0. The van der Waals surface area contributed by atoms with E-state index in [9.17, 15) is 0 Å². The van der Waals surface area contributed by atoms with Crippen molar-refractivity contribution in [1.29, 1.82) is 0 Å². The van der Waals surface area contributed by atoms with Crippen molar-refractivity contribution >= 4 is 22.6 Å². The highest BCUT2D eigenvalue weighted by molar-refractivity contribution is 14.1. The van der Waals surface area contributed by atoms with Gasteiger partial charge >= 0.3 is 0 Å². The quantitative estimate of drug-likeness (QED) is 0.867. The van der Waals surface area contributed by atoms with Crippen LogP contribution in [0.3, 0.4) is 0 Å². The molecule has 1 heterocycles. The SMILES string of the molecule is CNC(Cc1cnn(C)c1)c1ccccc1I. The standard InChI is InChI=1S/C13H16IN3/c1-15-13(7-10-8-16-17(2)9-10)11-5-3-4-6-12(11)14/h3-6,8-9,13,15H,7H2,1-2H3. The predicted octanol–water partition coefficient (Wildman–Crippen LogP) is 2.53. The Balaban J connectivity index is 2.20. The molecule has 0 aliphatic rings. The first-order chi connectivity index (χ1) is 8.20. The molecule has 3 nitrogen and oxygen atoms in total. The average Bonchev–Trinajstić information content (AvgIpc) is 2.73. The van der Waals surface area contributed by atoms with Gasteiger partial charge in [-0.15, -0.1) is 0 Å². The summed E-state index contributed by atoms with van der Waals surface area (Å²) in [5.41, 5.74) is 2.60. The Morgan fingerprint density at radius 3 is 2.76 bits per heavy atom. The van der Waals surface area contributed by atoms with Crippen molar-refractivity contribution < 1.29 is 0 Å². The number of rotatable bonds is 4. The normalized spacial score (nSPS) is 12.6. The second kappa shape index (κ2) is 5.64. The second-order valence-corrected chi connectivity index (χ2v) is 5.25. The molecule has 4 heteroatoms. The molecule has 1 aromatic heterocycles. The molecule has 0 saturated heterocycles. The maximum atomic E-state index is 4.21. The van der Waals surface area contributed by atoms with Crippen molar-refractivity contribution in [2.45, 2.75) is 12.5 Å². The number of halogens is 1. The summed E-state index contributed by atoms with van der Waals surface area (Å²) in [6.07, 6.45) is 4.96. The number of aromatic nitrogens is 2. The smallest absolute Gasteiger partial charge is 0.0522 e. The van der Waals surface area contributed by atoms with Crippen LogP contribution >= 0.6 is 22.6 Å². The minimum absolute atomic E-state index is 0.340. The van der Waals surface area contributed by atoms with Gasteiger partial charge in [0.25, 0.3) is 0 Å². The lowest BCUT2D eigenvalue weighted by Crippen LogP contribution is -2.19. The third-order valence-corrected chi connectivity index (χ3v) is 3.81. The predicted molar refractivity (Wildman–Crippen MR) is 77.9 cm³/mol. The zero-order valence-corrected chi connectivity index (χ0v) is 12.2. The van der Waals surface area contributed by atoms with Gasteiger partial charge in [-0.05, 0) is 53.3 Å². The fourth-order valence-electron chi connectivity index (χ4n) is 1.94. The van der Waals surface area contributed by atoms with E-state index in [2.05, 4.69) is 63.5 Å². The molecule has 0 fully saturated rings. The van der Waals surface area contributed by atoms with E-state index in [0.717, 1.165) is 6.42 Å². The van der Waals surface area contributed by atoms with Gasteiger partial charge in [-0.3, -0.25) is 4.68 Å². The third kappa shape index (κ3) is 3.07. The zero-order chi connectivity index (χ0) is 12.3. The molecule has 0 aliphatic heterocycles. The lowest BCUT2D eigenvalue weighted by atomic mass is 10.0. The third-order valence-electron chi connectivity index (χ3n) is 2.83. The number of likely N-dealkylation sites (N-methyl/N-ethyl adjacent to an activating group) is 1. The molecule has 1 unspecified atom stereocenters. The van der Waals surface area contributed by atoms with Gasteiger partial charge < -0.3 is 5.32 Å². The van der Waals surface area contributed by atoms with Crippen LogP contribution in [-0.2, 0) is 13.5 Å². The van der Waals surface area contributed by atoms with E-state index in [0.29, 0.717) is 6.04 Å². The van der Waals surface area contributed by atoms with Crippen molar-refractivity contribution in [2.75, 3.05) is 7.05 Å². The lowest BCUT2D eigenvalue weighted by molar-refractivity contribution is 0.589. The maximum Gasteiger partial charge on any atom is 0.0522 e. The molecule has 0 bridgehead atoms. The Bertz CT molecular complexity index is 493. The van der Waals surface area contributed by atoms with E-state index < -0.39 is 0 Å². The molecule has 1 atom stereocenters. The number of nitrogens with zero attached hydrogens (tertiary/aromatic N) is 2. The highest BCUT2D eigenvalue weighted by Crippen LogP contribution is 2.22. The molecule has 0 saturated carbocycles. The Morgan fingerprint density at radius 1 is 1.41 bits per heavy atom. The molecule has 2 aromatic rings. The van der Waals surface area contributed by atoms with E-state index >= 15 is 0 Å². The van der Waals surface area contributed by atoms with Gasteiger partial charge in [0, 0.05) is 22.9 Å². The first-order valence-corrected chi connectivity index (χ1v) is 6.68. The molecular weight excluding hydrogens is 325 g/mol. The van der Waals surface area contributed by atoms with Gasteiger partial charge in [0.05, 0.1) is 6.20 Å². The van der Waals surface area contributed by atoms with Gasteiger partial charge in [-0.2, -0.15) is 5.10 Å². The monoisotopic (exact) mass is 341 g/mol. The van der Waals surface area contributed by atoms with Gasteiger partial charge in [0.15, 0.2) is 0 Å². The van der Waals surface area contributed by atoms with Crippen LogP contribution in [-0.4, -0.2) is 16.8 Å². The van der Waals surface area contributed by atoms with E-state index in [1.165, 1.54) is 14.7 Å². The van der Waals surface area contributed by atoms with Crippen molar-refractivity contribution in [3.8, 4) is 0 Å². The molecule has 1 aromatic carbocycles. The van der Waals surface area contributed by atoms with Crippen LogP contribution in [0.1, 0.15) is 17.2 Å². The molecule has 0 radical (unpaired) electrons. The summed E-state index contributed by atoms with van der Waals surface area (Å²) in [7, 11) is 3.95. The highest BCUT2D eigenvalue weighted by Gasteiger charge is 2.13. The topological polar surface area (TPSA) is 29.9 Å². The number of nitrogens with one attached hydrogen (secondary N) is 1. The fourth-order valence-corrected chi connectivity index (χ4v) is 2.70. The van der Waals surface area contributed by atoms with E-state index in [1.54, 1.807) is 0 Å². The molecular formula is C13H16IN3. The molecule has 0 spiro atoms. The van der Waals surface area contributed by atoms with Crippen LogP contribution < -0.4 is 5.32 Å². The van der Waals surface area contributed by atoms with Crippen LogP contribution in [0, 0.1) is 3.57 Å². The number of benzene rings is 1. The van der Waals surface area contributed by atoms with Crippen LogP contribution in [0.25, 0.3) is 0 Å². The number of aryl methyl sites for hydroxylation is 1. The van der Waals surface area contributed by atoms with Crippen molar-refractivity contribution in [2.24, 2.45) is 7.05 Å². The fraction of sp³-hybridized carbons (Fsp3) is 0.308. The Kier molecular flexibility index (Phi) is 4.17. The van der Waals surface area contributed by atoms with Crippen molar-refractivity contribution in [3.63, 3.8) is 0 Å². The van der Waals surface area contributed by atoms with Crippen molar-refractivity contribution in [1.82, 2.24) is 15.1 Å². The van der Waals surface area contributed by atoms with Gasteiger partial charge in [-0.1, -0.05) is 18.2 Å². The number of hydrogen-bond acceptors (Lipinski definition) is 2. The maximum absolute atomic E-state index is 4.21. The molecule has 2 rings (SSSR count). The van der Waals surface area contributed by atoms with Gasteiger partial charge in [-0.25, -0.2) is 0 Å².